The third-order valence-electron chi connectivity index (χ3n) is 6.39. The lowest BCUT2D eigenvalue weighted by Crippen LogP contribution is -2.51. The lowest BCUT2D eigenvalue weighted by molar-refractivity contribution is -0.146. The van der Waals surface area contributed by atoms with Gasteiger partial charge in [0.05, 0.1) is 18.4 Å². The van der Waals surface area contributed by atoms with E-state index >= 15 is 0 Å². The number of fused-ring (bicyclic) bond motifs is 1. The Labute approximate surface area is 166 Å². The maximum atomic E-state index is 13.0. The fourth-order valence-corrected chi connectivity index (χ4v) is 4.86. The highest BCUT2D eigenvalue weighted by molar-refractivity contribution is 5.87. The van der Waals surface area contributed by atoms with Crippen molar-refractivity contribution in [2.24, 2.45) is 5.92 Å². The molecule has 1 atom stereocenters. The zero-order valence-electron chi connectivity index (χ0n) is 17.1. The zero-order chi connectivity index (χ0) is 19.7. The van der Waals surface area contributed by atoms with Crippen LogP contribution in [0.1, 0.15) is 57.7 Å². The fourth-order valence-electron chi connectivity index (χ4n) is 4.86. The lowest BCUT2D eigenvalue weighted by Gasteiger charge is -2.38. The van der Waals surface area contributed by atoms with Gasteiger partial charge in [-0.05, 0) is 51.1 Å². The van der Waals surface area contributed by atoms with Crippen molar-refractivity contribution in [3.8, 4) is 0 Å². The minimum atomic E-state index is -0.347. The van der Waals surface area contributed by atoms with E-state index in [1.54, 1.807) is 15.8 Å². The molecule has 0 bridgehead atoms. The predicted molar refractivity (Wildman–Crippen MR) is 104 cm³/mol. The predicted octanol–water partition coefficient (Wildman–Crippen LogP) is 1.29. The summed E-state index contributed by atoms with van der Waals surface area (Å²) in [4.78, 5) is 32.2. The van der Waals surface area contributed by atoms with Crippen molar-refractivity contribution in [2.75, 3.05) is 32.7 Å². The Hall–Kier alpha value is -1.96. The van der Waals surface area contributed by atoms with Crippen LogP contribution in [0, 0.1) is 5.92 Å². The summed E-state index contributed by atoms with van der Waals surface area (Å²) in [6, 6.07) is 0.277. The minimum Gasteiger partial charge on any atom is -0.341 e. The third kappa shape index (κ3) is 3.92. The molecule has 8 heteroatoms. The molecule has 3 aliphatic rings. The van der Waals surface area contributed by atoms with Gasteiger partial charge in [0.1, 0.15) is 12.6 Å². The van der Waals surface area contributed by atoms with Gasteiger partial charge in [-0.15, -0.1) is 5.10 Å². The summed E-state index contributed by atoms with van der Waals surface area (Å²) in [5.41, 5.74) is 0.908. The lowest BCUT2D eigenvalue weighted by atomic mass is 10.0. The molecule has 154 valence electrons. The number of amides is 2. The third-order valence-corrected chi connectivity index (χ3v) is 6.39. The number of hydrogen-bond acceptors (Lipinski definition) is 5. The Balaban J connectivity index is 1.36. The molecule has 28 heavy (non-hydrogen) atoms. The van der Waals surface area contributed by atoms with Crippen LogP contribution >= 0.6 is 0 Å². The molecular weight excluding hydrogens is 356 g/mol. The average molecular weight is 389 g/mol. The van der Waals surface area contributed by atoms with Crippen LogP contribution in [0.4, 0.5) is 0 Å². The molecule has 4 heterocycles. The first-order chi connectivity index (χ1) is 13.5. The molecule has 1 aromatic heterocycles. The van der Waals surface area contributed by atoms with E-state index < -0.39 is 0 Å². The van der Waals surface area contributed by atoms with Gasteiger partial charge in [-0.3, -0.25) is 9.59 Å². The summed E-state index contributed by atoms with van der Waals surface area (Å²) in [7, 11) is 0. The van der Waals surface area contributed by atoms with Gasteiger partial charge < -0.3 is 14.7 Å². The maximum Gasteiger partial charge on any atom is 0.248 e. The van der Waals surface area contributed by atoms with E-state index in [9.17, 15) is 9.59 Å². The summed E-state index contributed by atoms with van der Waals surface area (Å²) in [6.07, 6.45) is 7.12. The van der Waals surface area contributed by atoms with Crippen LogP contribution in [0.3, 0.4) is 0 Å². The van der Waals surface area contributed by atoms with Gasteiger partial charge in [0, 0.05) is 19.1 Å². The summed E-state index contributed by atoms with van der Waals surface area (Å²) in [5, 5.41) is 8.09. The minimum absolute atomic E-state index is 0.00740. The monoisotopic (exact) mass is 388 g/mol. The summed E-state index contributed by atoms with van der Waals surface area (Å²) in [6.45, 7) is 8.79. The SMILES string of the molecule is CC(C)C[C@H]1C(=O)N(CC(=O)N2CCC(N3CCCC3)CC2)Cc2cnnn21. The van der Waals surface area contributed by atoms with Gasteiger partial charge in [-0.1, -0.05) is 19.1 Å². The number of hydrogen-bond donors (Lipinski definition) is 0. The van der Waals surface area contributed by atoms with Crippen molar-refractivity contribution in [2.45, 2.75) is 64.6 Å². The van der Waals surface area contributed by atoms with Gasteiger partial charge in [0.25, 0.3) is 0 Å². The standard InChI is InChI=1S/C20H32N6O2/c1-15(2)11-18-20(28)25(13-17-12-21-22-26(17)18)14-19(27)24-9-5-16(6-10-24)23-7-3-4-8-23/h12,15-16,18H,3-11,13-14H2,1-2H3/t18-/m0/s1. The van der Waals surface area contributed by atoms with E-state index in [0.29, 0.717) is 24.9 Å². The van der Waals surface area contributed by atoms with E-state index in [0.717, 1.165) is 31.6 Å². The van der Waals surface area contributed by atoms with Crippen LogP contribution in [0.5, 0.6) is 0 Å². The first-order valence-corrected chi connectivity index (χ1v) is 10.7. The molecule has 2 saturated heterocycles. The number of aromatic nitrogens is 3. The molecular formula is C20H32N6O2. The van der Waals surface area contributed by atoms with Crippen LogP contribution in [0.25, 0.3) is 0 Å². The highest BCUT2D eigenvalue weighted by Crippen LogP contribution is 2.27. The normalized spacial score (nSPS) is 24.2. The second-order valence-corrected chi connectivity index (χ2v) is 8.86. The number of nitrogens with zero attached hydrogens (tertiary/aromatic N) is 6. The van der Waals surface area contributed by atoms with Gasteiger partial charge in [0.15, 0.2) is 0 Å². The Morgan fingerprint density at radius 2 is 1.89 bits per heavy atom. The van der Waals surface area contributed by atoms with Crippen molar-refractivity contribution < 1.29 is 9.59 Å². The molecule has 4 rings (SSSR count). The van der Waals surface area contributed by atoms with Crippen molar-refractivity contribution in [3.05, 3.63) is 11.9 Å². The first-order valence-electron chi connectivity index (χ1n) is 10.7. The highest BCUT2D eigenvalue weighted by atomic mass is 16.2. The van der Waals surface area contributed by atoms with Gasteiger partial charge in [0.2, 0.25) is 11.8 Å². The molecule has 0 unspecified atom stereocenters. The van der Waals surface area contributed by atoms with Gasteiger partial charge in [-0.25, -0.2) is 4.68 Å². The van der Waals surface area contributed by atoms with Crippen LogP contribution < -0.4 is 0 Å². The van der Waals surface area contributed by atoms with E-state index in [1.807, 2.05) is 4.90 Å². The first kappa shape index (κ1) is 19.4. The van der Waals surface area contributed by atoms with Crippen molar-refractivity contribution in [3.63, 3.8) is 0 Å². The average Bonchev–Trinajstić information content (AvgIpc) is 3.36. The smallest absolute Gasteiger partial charge is 0.248 e. The fraction of sp³-hybridized carbons (Fsp3) is 0.800. The molecule has 2 fully saturated rings. The van der Waals surface area contributed by atoms with Crippen LogP contribution in [0.15, 0.2) is 6.20 Å². The number of carbonyl (C=O) groups excluding carboxylic acids is 2. The van der Waals surface area contributed by atoms with Crippen LogP contribution in [-0.2, 0) is 16.1 Å². The van der Waals surface area contributed by atoms with E-state index in [2.05, 4.69) is 29.1 Å². The largest absolute Gasteiger partial charge is 0.341 e. The topological polar surface area (TPSA) is 74.6 Å². The van der Waals surface area contributed by atoms with Crippen LogP contribution in [0.2, 0.25) is 0 Å². The van der Waals surface area contributed by atoms with Crippen molar-refractivity contribution in [1.29, 1.82) is 0 Å². The molecule has 0 N–H and O–H groups in total. The van der Waals surface area contributed by atoms with Gasteiger partial charge >= 0.3 is 0 Å². The molecule has 8 nitrogen and oxygen atoms in total. The summed E-state index contributed by atoms with van der Waals surface area (Å²) in [5.74, 6) is 0.427. The molecule has 0 radical (unpaired) electrons. The summed E-state index contributed by atoms with van der Waals surface area (Å²) < 4.78 is 1.74. The second kappa shape index (κ2) is 8.19. The van der Waals surface area contributed by atoms with Gasteiger partial charge in [-0.2, -0.15) is 0 Å². The van der Waals surface area contributed by atoms with Crippen molar-refractivity contribution >= 4 is 11.8 Å². The molecule has 0 aromatic carbocycles. The molecule has 0 saturated carbocycles. The Kier molecular flexibility index (Phi) is 5.66. The second-order valence-electron chi connectivity index (χ2n) is 8.86. The number of likely N-dealkylation sites (tertiary alicyclic amines) is 2. The zero-order valence-corrected chi connectivity index (χ0v) is 17.1. The van der Waals surface area contributed by atoms with E-state index in [4.69, 9.17) is 0 Å². The Morgan fingerprint density at radius 3 is 2.57 bits per heavy atom. The quantitative estimate of drug-likeness (QED) is 0.760. The highest BCUT2D eigenvalue weighted by Gasteiger charge is 2.36. The van der Waals surface area contributed by atoms with Crippen LogP contribution in [-0.4, -0.2) is 80.3 Å². The van der Waals surface area contributed by atoms with E-state index in [-0.39, 0.29) is 24.4 Å². The number of rotatable bonds is 5. The number of piperidine rings is 1. The summed E-state index contributed by atoms with van der Waals surface area (Å²) >= 11 is 0. The Morgan fingerprint density at radius 1 is 1.18 bits per heavy atom. The van der Waals surface area contributed by atoms with Crippen molar-refractivity contribution in [1.82, 2.24) is 29.7 Å². The Bertz CT molecular complexity index is 703. The van der Waals surface area contributed by atoms with E-state index in [1.165, 1.54) is 25.9 Å². The number of carbonyl (C=O) groups is 2. The molecule has 0 aliphatic carbocycles. The molecule has 0 spiro atoms. The molecule has 3 aliphatic heterocycles. The molecule has 1 aromatic rings. The molecule has 2 amide bonds. The maximum absolute atomic E-state index is 13.0.